The molecule has 0 bridgehead atoms. The maximum Gasteiger partial charge on any atom is 0.242 e. The lowest BCUT2D eigenvalue weighted by molar-refractivity contribution is 0.565. The molecule has 0 N–H and O–H groups in total. The summed E-state index contributed by atoms with van der Waals surface area (Å²) in [6, 6.07) is 5.72. The van der Waals surface area contributed by atoms with Gasteiger partial charge in [-0.15, -0.1) is 4.99 Å². The molecule has 2 aromatic rings. The van der Waals surface area contributed by atoms with Gasteiger partial charge < -0.3 is 4.40 Å². The van der Waals surface area contributed by atoms with Crippen molar-refractivity contribution in [1.29, 1.82) is 0 Å². The van der Waals surface area contributed by atoms with Gasteiger partial charge in [-0.3, -0.25) is 0 Å². The predicted octanol–water partition coefficient (Wildman–Crippen LogP) is 1.61. The van der Waals surface area contributed by atoms with E-state index >= 15 is 0 Å². The number of carbonyl (C=O) groups excluding carboxylic acids is 1. The first-order valence-electron chi connectivity index (χ1n) is 3.83. The molecule has 4 nitrogen and oxygen atoms in total. The van der Waals surface area contributed by atoms with E-state index in [0.717, 1.165) is 11.2 Å². The Balaban J connectivity index is 2.82. The molecule has 0 aliphatic rings. The van der Waals surface area contributed by atoms with Gasteiger partial charge in [0.25, 0.3) is 0 Å². The van der Waals surface area contributed by atoms with E-state index < -0.39 is 0 Å². The van der Waals surface area contributed by atoms with Crippen LogP contribution in [0, 0.1) is 6.92 Å². The Hall–Kier alpha value is -1.93. The summed E-state index contributed by atoms with van der Waals surface area (Å²) in [7, 11) is 0. The number of fused-ring (bicyclic) bond motifs is 1. The molecule has 4 heteroatoms. The molecule has 64 valence electrons. The molecule has 2 heterocycles. The number of aromatic nitrogens is 2. The zero-order valence-corrected chi connectivity index (χ0v) is 7.06. The average Bonchev–Trinajstić information content (AvgIpc) is 2.51. The van der Waals surface area contributed by atoms with Gasteiger partial charge in [0.2, 0.25) is 6.08 Å². The molecule has 0 spiro atoms. The van der Waals surface area contributed by atoms with Gasteiger partial charge in [-0.2, -0.15) is 0 Å². The van der Waals surface area contributed by atoms with Crippen molar-refractivity contribution in [3.05, 3.63) is 30.2 Å². The topological polar surface area (TPSA) is 46.7 Å². The van der Waals surface area contributed by atoms with Crippen LogP contribution in [0.4, 0.5) is 5.82 Å². The lowest BCUT2D eigenvalue weighted by Gasteiger charge is -1.96. The van der Waals surface area contributed by atoms with E-state index in [2.05, 4.69) is 9.98 Å². The lowest BCUT2D eigenvalue weighted by atomic mass is 10.3. The number of nitrogens with zero attached hydrogens (tertiary/aromatic N) is 3. The number of isocyanates is 1. The van der Waals surface area contributed by atoms with Crippen LogP contribution in [0.25, 0.3) is 5.52 Å². The Morgan fingerprint density at radius 2 is 2.38 bits per heavy atom. The molecular formula is C9H7N3O. The van der Waals surface area contributed by atoms with Gasteiger partial charge in [-0.05, 0) is 19.1 Å². The van der Waals surface area contributed by atoms with Crippen molar-refractivity contribution in [2.75, 3.05) is 0 Å². The van der Waals surface area contributed by atoms with Gasteiger partial charge in [0.05, 0.1) is 5.52 Å². The predicted molar refractivity (Wildman–Crippen MR) is 47.7 cm³/mol. The van der Waals surface area contributed by atoms with Crippen LogP contribution in [0.1, 0.15) is 5.69 Å². The van der Waals surface area contributed by atoms with Gasteiger partial charge >= 0.3 is 0 Å². The smallest absolute Gasteiger partial charge is 0.242 e. The normalized spacial score (nSPS) is 9.92. The maximum atomic E-state index is 10.1. The number of imidazole rings is 1. The molecular weight excluding hydrogens is 166 g/mol. The second-order valence-corrected chi connectivity index (χ2v) is 2.69. The number of hydrogen-bond donors (Lipinski definition) is 0. The van der Waals surface area contributed by atoms with E-state index in [4.69, 9.17) is 0 Å². The molecule has 0 amide bonds. The Morgan fingerprint density at radius 3 is 3.15 bits per heavy atom. The van der Waals surface area contributed by atoms with E-state index in [1.165, 1.54) is 6.08 Å². The lowest BCUT2D eigenvalue weighted by Crippen LogP contribution is -1.86. The molecule has 0 aromatic carbocycles. The summed E-state index contributed by atoms with van der Waals surface area (Å²) in [5, 5.41) is 0. The molecule has 0 unspecified atom stereocenters. The number of aryl methyl sites for hydroxylation is 1. The van der Waals surface area contributed by atoms with Gasteiger partial charge in [0, 0.05) is 5.69 Å². The highest BCUT2D eigenvalue weighted by Gasteiger charge is 2.02. The fourth-order valence-corrected chi connectivity index (χ4v) is 1.27. The Bertz CT molecular complexity index is 495. The Labute approximate surface area is 74.6 Å². The summed E-state index contributed by atoms with van der Waals surface area (Å²) in [4.78, 5) is 17.5. The molecule has 2 rings (SSSR count). The summed E-state index contributed by atoms with van der Waals surface area (Å²) in [5.41, 5.74) is 1.88. The largest absolute Gasteiger partial charge is 0.301 e. The molecule has 0 atom stereocenters. The number of pyridine rings is 1. The van der Waals surface area contributed by atoms with Crippen molar-refractivity contribution in [3.8, 4) is 0 Å². The summed E-state index contributed by atoms with van der Waals surface area (Å²) >= 11 is 0. The Kier molecular flexibility index (Phi) is 1.69. The number of hydrogen-bond acceptors (Lipinski definition) is 3. The third-order valence-corrected chi connectivity index (χ3v) is 1.91. The second-order valence-electron chi connectivity index (χ2n) is 2.69. The molecule has 0 aliphatic carbocycles. The van der Waals surface area contributed by atoms with Crippen LogP contribution in [0.5, 0.6) is 0 Å². The van der Waals surface area contributed by atoms with Crippen molar-refractivity contribution in [2.45, 2.75) is 6.92 Å². The van der Waals surface area contributed by atoms with E-state index in [9.17, 15) is 4.79 Å². The van der Waals surface area contributed by atoms with Gasteiger partial charge in [-0.1, -0.05) is 6.07 Å². The third-order valence-electron chi connectivity index (χ3n) is 1.91. The first kappa shape index (κ1) is 7.71. The fourth-order valence-electron chi connectivity index (χ4n) is 1.27. The van der Waals surface area contributed by atoms with Crippen molar-refractivity contribution in [2.24, 2.45) is 4.99 Å². The van der Waals surface area contributed by atoms with Crippen molar-refractivity contribution < 1.29 is 4.79 Å². The summed E-state index contributed by atoms with van der Waals surface area (Å²) in [6.45, 7) is 1.96. The highest BCUT2D eigenvalue weighted by atomic mass is 16.1. The second kappa shape index (κ2) is 2.84. The van der Waals surface area contributed by atoms with E-state index in [0.29, 0.717) is 5.82 Å². The standard InChI is InChI=1S/C9H7N3O/c1-7-3-2-4-8-9(11-6-13)10-5-12(7)8/h2-5H,1H3. The molecule has 0 saturated heterocycles. The molecule has 13 heavy (non-hydrogen) atoms. The van der Waals surface area contributed by atoms with E-state index in [1.54, 1.807) is 6.33 Å². The summed E-state index contributed by atoms with van der Waals surface area (Å²) in [5.74, 6) is 0.415. The fraction of sp³-hybridized carbons (Fsp3) is 0.111. The van der Waals surface area contributed by atoms with Crippen LogP contribution < -0.4 is 0 Å². The average molecular weight is 173 g/mol. The van der Waals surface area contributed by atoms with E-state index in [-0.39, 0.29) is 0 Å². The number of rotatable bonds is 1. The van der Waals surface area contributed by atoms with Crippen LogP contribution in [0.3, 0.4) is 0 Å². The van der Waals surface area contributed by atoms with Crippen LogP contribution in [-0.2, 0) is 4.79 Å². The highest BCUT2D eigenvalue weighted by Crippen LogP contribution is 2.18. The van der Waals surface area contributed by atoms with Gasteiger partial charge in [0.15, 0.2) is 5.82 Å². The van der Waals surface area contributed by atoms with Gasteiger partial charge in [-0.25, -0.2) is 9.78 Å². The van der Waals surface area contributed by atoms with Crippen LogP contribution in [0.15, 0.2) is 29.5 Å². The molecule has 0 saturated carbocycles. The third kappa shape index (κ3) is 1.13. The zero-order chi connectivity index (χ0) is 9.26. The molecule has 0 fully saturated rings. The minimum absolute atomic E-state index is 0.415. The molecule has 2 aromatic heterocycles. The molecule has 0 aliphatic heterocycles. The Morgan fingerprint density at radius 1 is 1.54 bits per heavy atom. The minimum atomic E-state index is 0.415. The number of aliphatic imine (C=N–C) groups is 1. The molecule has 0 radical (unpaired) electrons. The first-order valence-corrected chi connectivity index (χ1v) is 3.83. The first-order chi connectivity index (χ1) is 6.33. The highest BCUT2D eigenvalue weighted by molar-refractivity contribution is 5.68. The summed E-state index contributed by atoms with van der Waals surface area (Å²) < 4.78 is 1.87. The van der Waals surface area contributed by atoms with Crippen molar-refractivity contribution in [3.63, 3.8) is 0 Å². The van der Waals surface area contributed by atoms with E-state index in [1.807, 2.05) is 29.5 Å². The van der Waals surface area contributed by atoms with Crippen molar-refractivity contribution >= 4 is 17.4 Å². The van der Waals surface area contributed by atoms with Crippen LogP contribution in [0.2, 0.25) is 0 Å². The van der Waals surface area contributed by atoms with Gasteiger partial charge in [0.1, 0.15) is 6.33 Å². The minimum Gasteiger partial charge on any atom is -0.301 e. The maximum absolute atomic E-state index is 10.1. The zero-order valence-electron chi connectivity index (χ0n) is 7.06. The quantitative estimate of drug-likeness (QED) is 0.485. The van der Waals surface area contributed by atoms with Crippen LogP contribution in [-0.4, -0.2) is 15.5 Å². The summed E-state index contributed by atoms with van der Waals surface area (Å²) in [6.07, 6.45) is 3.12. The van der Waals surface area contributed by atoms with Crippen molar-refractivity contribution in [1.82, 2.24) is 9.38 Å². The SMILES string of the molecule is Cc1cccc2c(N=C=O)ncn12. The monoisotopic (exact) mass is 173 g/mol. The van der Waals surface area contributed by atoms with Crippen LogP contribution >= 0.6 is 0 Å².